The average Bonchev–Trinajstić information content (AvgIpc) is 2.91. The fraction of sp³-hybridized carbons (Fsp3) is 1.00. The Labute approximate surface area is 144 Å². The summed E-state index contributed by atoms with van der Waals surface area (Å²) < 4.78 is 0. The number of nitrogens with zero attached hydrogens (tertiary/aromatic N) is 4. The smallest absolute Gasteiger partial charge is 0.0276 e. The first kappa shape index (κ1) is 19.2. The van der Waals surface area contributed by atoms with Crippen molar-refractivity contribution in [3.63, 3.8) is 0 Å². The molecule has 2 atom stereocenters. The van der Waals surface area contributed by atoms with Gasteiger partial charge in [0.25, 0.3) is 0 Å². The summed E-state index contributed by atoms with van der Waals surface area (Å²) in [6.45, 7) is 20.2. The molecular weight excluding hydrogens is 284 g/mol. The lowest BCUT2D eigenvalue weighted by Crippen LogP contribution is -2.56. The molecule has 23 heavy (non-hydrogen) atoms. The van der Waals surface area contributed by atoms with Gasteiger partial charge in [-0.2, -0.15) is 0 Å². The van der Waals surface area contributed by atoms with Gasteiger partial charge in [-0.05, 0) is 74.1 Å². The lowest BCUT2D eigenvalue weighted by Gasteiger charge is -2.46. The number of hydrogen-bond donors (Lipinski definition) is 0. The summed E-state index contributed by atoms with van der Waals surface area (Å²) in [7, 11) is 0. The highest BCUT2D eigenvalue weighted by Crippen LogP contribution is 2.29. The first-order chi connectivity index (χ1) is 10.8. The van der Waals surface area contributed by atoms with Crippen molar-refractivity contribution in [1.29, 1.82) is 0 Å². The monoisotopic (exact) mass is 324 g/mol. The van der Waals surface area contributed by atoms with Gasteiger partial charge in [0, 0.05) is 49.8 Å². The molecule has 0 amide bonds. The topological polar surface area (TPSA) is 13.0 Å². The van der Waals surface area contributed by atoms with Gasteiger partial charge in [0.2, 0.25) is 0 Å². The van der Waals surface area contributed by atoms with E-state index in [0.29, 0.717) is 30.2 Å². The molecule has 2 unspecified atom stereocenters. The fourth-order valence-corrected chi connectivity index (χ4v) is 4.56. The van der Waals surface area contributed by atoms with Crippen molar-refractivity contribution in [2.24, 2.45) is 0 Å². The van der Waals surface area contributed by atoms with Crippen LogP contribution in [0.5, 0.6) is 0 Å². The molecule has 2 aliphatic rings. The van der Waals surface area contributed by atoms with Crippen LogP contribution in [0, 0.1) is 0 Å². The maximum Gasteiger partial charge on any atom is 0.0276 e. The molecule has 2 fully saturated rings. The summed E-state index contributed by atoms with van der Waals surface area (Å²) in [6, 6.07) is 3.16. The van der Waals surface area contributed by atoms with Crippen LogP contribution < -0.4 is 0 Å². The summed E-state index contributed by atoms with van der Waals surface area (Å²) in [5.74, 6) is 0. The molecule has 0 spiro atoms. The van der Waals surface area contributed by atoms with Crippen molar-refractivity contribution in [3.8, 4) is 0 Å². The predicted octanol–water partition coefficient (Wildman–Crippen LogP) is 3.59. The summed E-state index contributed by atoms with van der Waals surface area (Å²) in [6.07, 6.45) is 5.30. The zero-order valence-corrected chi connectivity index (χ0v) is 16.6. The van der Waals surface area contributed by atoms with Gasteiger partial charge in [-0.3, -0.25) is 0 Å². The largest absolute Gasteiger partial charge is 0.239 e. The van der Waals surface area contributed by atoms with E-state index in [1.807, 2.05) is 0 Å². The lowest BCUT2D eigenvalue weighted by atomic mass is 10.0. The molecule has 0 aliphatic carbocycles. The second-order valence-electron chi connectivity index (χ2n) is 8.38. The molecule has 2 rings (SSSR count). The van der Waals surface area contributed by atoms with Gasteiger partial charge in [0.15, 0.2) is 0 Å². The molecule has 4 nitrogen and oxygen atoms in total. The zero-order valence-electron chi connectivity index (χ0n) is 16.6. The first-order valence-electron chi connectivity index (χ1n) is 9.91. The Kier molecular flexibility index (Phi) is 6.90. The number of hydrazine groups is 2. The maximum absolute atomic E-state index is 2.67. The Morgan fingerprint density at radius 1 is 0.696 bits per heavy atom. The molecule has 0 saturated carbocycles. The van der Waals surface area contributed by atoms with E-state index < -0.39 is 0 Å². The van der Waals surface area contributed by atoms with E-state index in [-0.39, 0.29) is 0 Å². The quantitative estimate of drug-likeness (QED) is 0.740. The Bertz CT molecular complexity index is 355. The summed E-state index contributed by atoms with van der Waals surface area (Å²) in [4.78, 5) is 0. The van der Waals surface area contributed by atoms with Crippen LogP contribution in [0.3, 0.4) is 0 Å². The normalized spacial score (nSPS) is 27.7. The molecule has 0 aromatic heterocycles. The third-order valence-corrected chi connectivity index (χ3v) is 5.56. The van der Waals surface area contributed by atoms with Crippen molar-refractivity contribution in [2.45, 2.75) is 104 Å². The highest BCUT2D eigenvalue weighted by atomic mass is 15.7. The Hall–Kier alpha value is -0.160. The van der Waals surface area contributed by atoms with Crippen LogP contribution in [0.1, 0.15) is 74.1 Å². The standard InChI is InChI=1S/C19H40N4/c1-15(2)20-11-8-9-12-22(20)18(7)14-19-10-13-21(16(3)4)23(19)17(5)6/h15-19H,8-14H2,1-7H3. The van der Waals surface area contributed by atoms with Gasteiger partial charge in [-0.25, -0.2) is 20.0 Å². The molecule has 4 heteroatoms. The summed E-state index contributed by atoms with van der Waals surface area (Å²) in [5, 5.41) is 10.6. The molecule has 136 valence electrons. The number of rotatable bonds is 6. The lowest BCUT2D eigenvalue weighted by molar-refractivity contribution is -0.114. The SMILES string of the molecule is CC(C)N1CCCCN1C(C)CC1CCN(C(C)C)N1C(C)C. The van der Waals surface area contributed by atoms with E-state index in [4.69, 9.17) is 0 Å². The molecule has 2 heterocycles. The first-order valence-corrected chi connectivity index (χ1v) is 9.91. The van der Waals surface area contributed by atoms with Crippen molar-refractivity contribution < 1.29 is 0 Å². The second kappa shape index (κ2) is 8.28. The van der Waals surface area contributed by atoms with E-state index in [0.717, 1.165) is 0 Å². The van der Waals surface area contributed by atoms with Gasteiger partial charge in [0.05, 0.1) is 0 Å². The van der Waals surface area contributed by atoms with E-state index in [9.17, 15) is 0 Å². The minimum Gasteiger partial charge on any atom is -0.239 e. The predicted molar refractivity (Wildman–Crippen MR) is 99.1 cm³/mol. The van der Waals surface area contributed by atoms with Crippen molar-refractivity contribution in [1.82, 2.24) is 20.0 Å². The molecule has 2 aliphatic heterocycles. The molecule has 0 radical (unpaired) electrons. The Morgan fingerprint density at radius 3 is 1.78 bits per heavy atom. The maximum atomic E-state index is 2.67. The van der Waals surface area contributed by atoms with Crippen LogP contribution in [-0.2, 0) is 0 Å². The molecule has 0 aromatic rings. The second-order valence-corrected chi connectivity index (χ2v) is 8.38. The average molecular weight is 325 g/mol. The molecular formula is C19H40N4. The number of hydrogen-bond acceptors (Lipinski definition) is 4. The van der Waals surface area contributed by atoms with Crippen LogP contribution in [0.15, 0.2) is 0 Å². The van der Waals surface area contributed by atoms with Crippen LogP contribution in [0.2, 0.25) is 0 Å². The molecule has 0 bridgehead atoms. The third-order valence-electron chi connectivity index (χ3n) is 5.56. The Balaban J connectivity index is 2.02. The van der Waals surface area contributed by atoms with Gasteiger partial charge < -0.3 is 0 Å². The highest BCUT2D eigenvalue weighted by Gasteiger charge is 2.37. The molecule has 0 aromatic carbocycles. The van der Waals surface area contributed by atoms with E-state index >= 15 is 0 Å². The summed E-state index contributed by atoms with van der Waals surface area (Å²) >= 11 is 0. The van der Waals surface area contributed by atoms with Crippen LogP contribution >= 0.6 is 0 Å². The minimum atomic E-state index is 0.597. The van der Waals surface area contributed by atoms with E-state index in [2.05, 4.69) is 68.5 Å². The molecule has 0 N–H and O–H groups in total. The van der Waals surface area contributed by atoms with Gasteiger partial charge in [-0.15, -0.1) is 0 Å². The van der Waals surface area contributed by atoms with Crippen molar-refractivity contribution in [2.75, 3.05) is 19.6 Å². The third kappa shape index (κ3) is 4.47. The molecule has 2 saturated heterocycles. The highest BCUT2D eigenvalue weighted by molar-refractivity contribution is 4.86. The van der Waals surface area contributed by atoms with Gasteiger partial charge in [-0.1, -0.05) is 0 Å². The van der Waals surface area contributed by atoms with Gasteiger partial charge in [0.1, 0.15) is 0 Å². The van der Waals surface area contributed by atoms with E-state index in [1.165, 1.54) is 45.3 Å². The zero-order chi connectivity index (χ0) is 17.1. The van der Waals surface area contributed by atoms with Crippen LogP contribution in [0.25, 0.3) is 0 Å². The van der Waals surface area contributed by atoms with Crippen molar-refractivity contribution >= 4 is 0 Å². The van der Waals surface area contributed by atoms with Crippen LogP contribution in [0.4, 0.5) is 0 Å². The minimum absolute atomic E-state index is 0.597. The fourth-order valence-electron chi connectivity index (χ4n) is 4.56. The van der Waals surface area contributed by atoms with Gasteiger partial charge >= 0.3 is 0 Å². The summed E-state index contributed by atoms with van der Waals surface area (Å²) in [5.41, 5.74) is 0. The van der Waals surface area contributed by atoms with E-state index in [1.54, 1.807) is 0 Å². The van der Waals surface area contributed by atoms with Crippen LogP contribution in [-0.4, -0.2) is 69.9 Å². The Morgan fingerprint density at radius 2 is 1.26 bits per heavy atom. The van der Waals surface area contributed by atoms with Crippen molar-refractivity contribution in [3.05, 3.63) is 0 Å².